The summed E-state index contributed by atoms with van der Waals surface area (Å²) < 4.78 is 14.0. The minimum Gasteiger partial charge on any atom is -0.339 e. The van der Waals surface area contributed by atoms with E-state index in [-0.39, 0.29) is 24.2 Å². The summed E-state index contributed by atoms with van der Waals surface area (Å²) in [6, 6.07) is 6.66. The Hall–Kier alpha value is -2.15. The Kier molecular flexibility index (Phi) is 5.80. The van der Waals surface area contributed by atoms with Crippen LogP contribution in [0.25, 0.3) is 0 Å². The average molecular weight is 388 g/mol. The molecule has 1 aliphatic carbocycles. The highest BCUT2D eigenvalue weighted by atomic mass is 19.1. The van der Waals surface area contributed by atoms with Gasteiger partial charge in [-0.25, -0.2) is 9.18 Å². The van der Waals surface area contributed by atoms with Crippen LogP contribution in [-0.2, 0) is 4.79 Å². The van der Waals surface area contributed by atoms with Crippen molar-refractivity contribution in [3.05, 3.63) is 30.1 Å². The van der Waals surface area contributed by atoms with Crippen LogP contribution in [0.1, 0.15) is 32.1 Å². The molecule has 28 heavy (non-hydrogen) atoms. The second kappa shape index (κ2) is 8.47. The molecule has 0 bridgehead atoms. The maximum absolute atomic E-state index is 14.0. The standard InChI is InChI=1S/C21H29FN4O2/c22-18-8-4-5-9-19(18)26-15-14-25(21(26)28)16-20(27)24-12-10-23(11-13-24)17-6-2-1-3-7-17/h4-5,8-9,17H,1-3,6-7,10-16H2. The zero-order chi connectivity index (χ0) is 19.5. The lowest BCUT2D eigenvalue weighted by Gasteiger charge is -2.41. The van der Waals surface area contributed by atoms with Crippen molar-refractivity contribution in [2.45, 2.75) is 38.1 Å². The van der Waals surface area contributed by atoms with Crippen molar-refractivity contribution in [2.75, 3.05) is 50.7 Å². The second-order valence-corrected chi connectivity index (χ2v) is 8.02. The summed E-state index contributed by atoms with van der Waals surface area (Å²) in [5.41, 5.74) is 0.281. The first-order chi connectivity index (χ1) is 13.6. The van der Waals surface area contributed by atoms with Crippen molar-refractivity contribution in [3.8, 4) is 0 Å². The molecule has 0 radical (unpaired) electrons. The Morgan fingerprint density at radius 3 is 2.39 bits per heavy atom. The van der Waals surface area contributed by atoms with Gasteiger partial charge in [0.25, 0.3) is 0 Å². The van der Waals surface area contributed by atoms with Crippen molar-refractivity contribution in [3.63, 3.8) is 0 Å². The number of para-hydroxylation sites is 1. The van der Waals surface area contributed by atoms with Gasteiger partial charge >= 0.3 is 6.03 Å². The molecular weight excluding hydrogens is 359 g/mol. The van der Waals surface area contributed by atoms with E-state index in [0.29, 0.717) is 19.1 Å². The van der Waals surface area contributed by atoms with Crippen LogP contribution in [0.4, 0.5) is 14.9 Å². The molecule has 0 spiro atoms. The number of piperazine rings is 1. The summed E-state index contributed by atoms with van der Waals surface area (Å²) in [6.07, 6.45) is 6.55. The van der Waals surface area contributed by atoms with Crippen LogP contribution in [0, 0.1) is 5.82 Å². The highest BCUT2D eigenvalue weighted by Gasteiger charge is 2.34. The quantitative estimate of drug-likeness (QED) is 0.796. The monoisotopic (exact) mass is 388 g/mol. The number of halogens is 1. The molecule has 0 unspecified atom stereocenters. The normalized spacial score (nSPS) is 22.2. The summed E-state index contributed by atoms with van der Waals surface area (Å²) in [5.74, 6) is -0.421. The van der Waals surface area contributed by atoms with E-state index in [4.69, 9.17) is 0 Å². The van der Waals surface area contributed by atoms with E-state index in [0.717, 1.165) is 26.2 Å². The van der Waals surface area contributed by atoms with E-state index in [9.17, 15) is 14.0 Å². The number of hydrogen-bond acceptors (Lipinski definition) is 3. The van der Waals surface area contributed by atoms with Gasteiger partial charge in [-0.05, 0) is 25.0 Å². The van der Waals surface area contributed by atoms with Crippen molar-refractivity contribution in [1.82, 2.24) is 14.7 Å². The van der Waals surface area contributed by atoms with E-state index in [1.54, 1.807) is 18.2 Å². The van der Waals surface area contributed by atoms with Gasteiger partial charge in [-0.3, -0.25) is 14.6 Å². The van der Waals surface area contributed by atoms with Gasteiger partial charge in [0.2, 0.25) is 5.91 Å². The first-order valence-electron chi connectivity index (χ1n) is 10.5. The molecule has 1 aromatic carbocycles. The Bertz CT molecular complexity index is 714. The van der Waals surface area contributed by atoms with Crippen LogP contribution < -0.4 is 4.90 Å². The molecule has 2 aliphatic heterocycles. The van der Waals surface area contributed by atoms with E-state index in [2.05, 4.69) is 4.90 Å². The molecule has 4 rings (SSSR count). The third-order valence-corrected chi connectivity index (χ3v) is 6.32. The number of carbonyl (C=O) groups excluding carboxylic acids is 2. The summed E-state index contributed by atoms with van der Waals surface area (Å²) in [7, 11) is 0. The summed E-state index contributed by atoms with van der Waals surface area (Å²) in [6.45, 7) is 4.23. The molecule has 1 saturated carbocycles. The molecule has 152 valence electrons. The van der Waals surface area contributed by atoms with Crippen molar-refractivity contribution < 1.29 is 14.0 Å². The minimum atomic E-state index is -0.414. The second-order valence-electron chi connectivity index (χ2n) is 8.02. The first-order valence-corrected chi connectivity index (χ1v) is 10.5. The molecular formula is C21H29FN4O2. The van der Waals surface area contributed by atoms with Crippen molar-refractivity contribution >= 4 is 17.6 Å². The van der Waals surface area contributed by atoms with Gasteiger partial charge in [0.15, 0.2) is 0 Å². The fraction of sp³-hybridized carbons (Fsp3) is 0.619. The molecule has 2 heterocycles. The van der Waals surface area contributed by atoms with Crippen LogP contribution in [0.15, 0.2) is 24.3 Å². The Morgan fingerprint density at radius 2 is 1.68 bits per heavy atom. The number of rotatable bonds is 4. The van der Waals surface area contributed by atoms with Gasteiger partial charge in [-0.2, -0.15) is 0 Å². The summed E-state index contributed by atoms with van der Waals surface area (Å²) in [4.78, 5) is 32.7. The van der Waals surface area contributed by atoms with Gasteiger partial charge in [-0.15, -0.1) is 0 Å². The molecule has 6 nitrogen and oxygen atoms in total. The van der Waals surface area contributed by atoms with Crippen LogP contribution in [0.2, 0.25) is 0 Å². The zero-order valence-electron chi connectivity index (χ0n) is 16.4. The largest absolute Gasteiger partial charge is 0.339 e. The molecule has 1 aromatic rings. The predicted molar refractivity (Wildman–Crippen MR) is 106 cm³/mol. The zero-order valence-corrected chi connectivity index (χ0v) is 16.4. The Balaban J connectivity index is 1.29. The maximum Gasteiger partial charge on any atom is 0.325 e. The van der Waals surface area contributed by atoms with E-state index in [1.165, 1.54) is 48.0 Å². The first kappa shape index (κ1) is 19.2. The molecule has 0 atom stereocenters. The maximum atomic E-state index is 14.0. The topological polar surface area (TPSA) is 47.1 Å². The predicted octanol–water partition coefficient (Wildman–Crippen LogP) is 2.54. The number of carbonyl (C=O) groups is 2. The lowest BCUT2D eigenvalue weighted by Crippen LogP contribution is -2.54. The average Bonchev–Trinajstić information content (AvgIpc) is 3.09. The smallest absolute Gasteiger partial charge is 0.325 e. The van der Waals surface area contributed by atoms with E-state index < -0.39 is 5.82 Å². The molecule has 3 amide bonds. The SMILES string of the molecule is O=C(CN1CCN(c2ccccc2F)C1=O)N1CCN(C2CCCCC2)CC1. The Morgan fingerprint density at radius 1 is 0.964 bits per heavy atom. The molecule has 0 N–H and O–H groups in total. The van der Waals surface area contributed by atoms with Gasteiger partial charge in [0.1, 0.15) is 12.4 Å². The fourth-order valence-corrected chi connectivity index (χ4v) is 4.67. The third-order valence-electron chi connectivity index (χ3n) is 6.32. The minimum absolute atomic E-state index is 0.00738. The van der Waals surface area contributed by atoms with E-state index in [1.807, 2.05) is 4.90 Å². The molecule has 3 aliphatic rings. The van der Waals surface area contributed by atoms with Crippen LogP contribution in [0.5, 0.6) is 0 Å². The van der Waals surface area contributed by atoms with Crippen LogP contribution in [0.3, 0.4) is 0 Å². The number of anilines is 1. The number of hydrogen-bond donors (Lipinski definition) is 0. The number of benzene rings is 1. The van der Waals surface area contributed by atoms with Gasteiger partial charge in [-0.1, -0.05) is 31.4 Å². The summed E-state index contributed by atoms with van der Waals surface area (Å²) >= 11 is 0. The van der Waals surface area contributed by atoms with Crippen molar-refractivity contribution in [1.29, 1.82) is 0 Å². The molecule has 2 saturated heterocycles. The van der Waals surface area contributed by atoms with Crippen LogP contribution >= 0.6 is 0 Å². The lowest BCUT2D eigenvalue weighted by atomic mass is 9.94. The molecule has 0 aromatic heterocycles. The Labute approximate surface area is 165 Å². The highest BCUT2D eigenvalue weighted by molar-refractivity contribution is 5.96. The molecule has 7 heteroatoms. The molecule has 3 fully saturated rings. The third kappa shape index (κ3) is 3.99. The number of nitrogens with zero attached hydrogens (tertiary/aromatic N) is 4. The number of urea groups is 1. The van der Waals surface area contributed by atoms with Gasteiger partial charge in [0, 0.05) is 45.3 Å². The van der Waals surface area contributed by atoms with Gasteiger partial charge in [0.05, 0.1) is 5.69 Å². The fourth-order valence-electron chi connectivity index (χ4n) is 4.67. The van der Waals surface area contributed by atoms with Gasteiger partial charge < -0.3 is 9.80 Å². The summed E-state index contributed by atoms with van der Waals surface area (Å²) in [5, 5.41) is 0. The lowest BCUT2D eigenvalue weighted by molar-refractivity contribution is -0.133. The van der Waals surface area contributed by atoms with E-state index >= 15 is 0 Å². The van der Waals surface area contributed by atoms with Crippen LogP contribution in [-0.4, -0.2) is 78.5 Å². The van der Waals surface area contributed by atoms with Crippen molar-refractivity contribution in [2.24, 2.45) is 0 Å². The number of amides is 3. The highest BCUT2D eigenvalue weighted by Crippen LogP contribution is 2.25.